The predicted octanol–water partition coefficient (Wildman–Crippen LogP) is 0.944. The fourth-order valence-electron chi connectivity index (χ4n) is 4.05. The fraction of sp³-hybridized carbons (Fsp3) is 0.429. The van der Waals surface area contributed by atoms with E-state index in [0.29, 0.717) is 37.1 Å². The number of aliphatic hydroxyl groups is 1. The number of carboxylic acid groups (broad SMARTS) is 1. The Labute approximate surface area is 185 Å². The van der Waals surface area contributed by atoms with Gasteiger partial charge in [0.25, 0.3) is 0 Å². The first-order valence-electron chi connectivity index (χ1n) is 10.6. The number of rotatable bonds is 6. The van der Waals surface area contributed by atoms with Crippen LogP contribution in [0.5, 0.6) is 0 Å². The van der Waals surface area contributed by atoms with Crippen LogP contribution in [-0.2, 0) is 4.79 Å². The molecule has 4 rings (SSSR count). The number of aliphatic hydroxyl groups excluding tert-OH is 1. The number of amides is 2. The number of anilines is 4. The zero-order valence-electron chi connectivity index (χ0n) is 17.6. The highest BCUT2D eigenvalue weighted by Gasteiger charge is 2.26. The molecule has 0 radical (unpaired) electrons. The van der Waals surface area contributed by atoms with Crippen molar-refractivity contribution in [1.29, 1.82) is 0 Å². The Morgan fingerprint density at radius 3 is 2.91 bits per heavy atom. The first-order valence-corrected chi connectivity index (χ1v) is 10.6. The molecule has 1 unspecified atom stereocenters. The summed E-state index contributed by atoms with van der Waals surface area (Å²) in [6.45, 7) is 2.40. The van der Waals surface area contributed by atoms with E-state index in [2.05, 4.69) is 25.9 Å². The molecule has 0 bridgehead atoms. The van der Waals surface area contributed by atoms with Gasteiger partial charge in [-0.05, 0) is 37.1 Å². The third-order valence-corrected chi connectivity index (χ3v) is 5.67. The molecule has 2 aliphatic rings. The SMILES string of the molecule is O=C(Nc1cccc(N2CCNC(C(=O)O)C2)c1)Nc1ccnc(N2CCC[C@H]2CO)n1. The smallest absolute Gasteiger partial charge is 0.324 e. The maximum Gasteiger partial charge on any atom is 0.324 e. The van der Waals surface area contributed by atoms with Crippen LogP contribution in [0, 0.1) is 0 Å². The van der Waals surface area contributed by atoms with Crippen molar-refractivity contribution in [3.05, 3.63) is 36.5 Å². The molecule has 0 saturated carbocycles. The summed E-state index contributed by atoms with van der Waals surface area (Å²) in [4.78, 5) is 36.4. The van der Waals surface area contributed by atoms with Gasteiger partial charge in [-0.2, -0.15) is 4.98 Å². The van der Waals surface area contributed by atoms with E-state index in [1.807, 2.05) is 28.0 Å². The van der Waals surface area contributed by atoms with E-state index in [9.17, 15) is 19.8 Å². The van der Waals surface area contributed by atoms with E-state index in [-0.39, 0.29) is 12.6 Å². The lowest BCUT2D eigenvalue weighted by molar-refractivity contribution is -0.139. The van der Waals surface area contributed by atoms with Crippen molar-refractivity contribution in [2.75, 3.05) is 53.2 Å². The van der Waals surface area contributed by atoms with Crippen molar-refractivity contribution in [2.45, 2.75) is 24.9 Å². The van der Waals surface area contributed by atoms with Crippen molar-refractivity contribution in [1.82, 2.24) is 15.3 Å². The van der Waals surface area contributed by atoms with Crippen molar-refractivity contribution < 1.29 is 19.8 Å². The van der Waals surface area contributed by atoms with Crippen molar-refractivity contribution in [3.63, 3.8) is 0 Å². The van der Waals surface area contributed by atoms with Crippen LogP contribution in [0.2, 0.25) is 0 Å². The minimum atomic E-state index is -0.883. The molecule has 0 spiro atoms. The molecule has 11 nitrogen and oxygen atoms in total. The van der Waals surface area contributed by atoms with Crippen LogP contribution in [0.4, 0.5) is 27.9 Å². The Morgan fingerprint density at radius 2 is 2.09 bits per heavy atom. The predicted molar refractivity (Wildman–Crippen MR) is 120 cm³/mol. The Morgan fingerprint density at radius 1 is 1.22 bits per heavy atom. The van der Waals surface area contributed by atoms with Gasteiger partial charge in [-0.25, -0.2) is 9.78 Å². The molecule has 1 aromatic heterocycles. The Hall–Kier alpha value is -3.44. The topological polar surface area (TPSA) is 143 Å². The van der Waals surface area contributed by atoms with Crippen LogP contribution < -0.4 is 25.8 Å². The van der Waals surface area contributed by atoms with Gasteiger partial charge in [-0.1, -0.05) is 6.07 Å². The highest BCUT2D eigenvalue weighted by atomic mass is 16.4. The molecule has 2 aliphatic heterocycles. The van der Waals surface area contributed by atoms with Crippen LogP contribution in [0.15, 0.2) is 36.5 Å². The monoisotopic (exact) mass is 441 g/mol. The van der Waals surface area contributed by atoms with Crippen molar-refractivity contribution >= 4 is 35.1 Å². The summed E-state index contributed by atoms with van der Waals surface area (Å²) < 4.78 is 0. The number of aromatic nitrogens is 2. The molecule has 2 atom stereocenters. The lowest BCUT2D eigenvalue weighted by atomic mass is 10.1. The van der Waals surface area contributed by atoms with Gasteiger partial charge in [0.15, 0.2) is 0 Å². The zero-order valence-corrected chi connectivity index (χ0v) is 17.6. The lowest BCUT2D eigenvalue weighted by Gasteiger charge is -2.33. The second-order valence-corrected chi connectivity index (χ2v) is 7.83. The Bertz CT molecular complexity index is 973. The number of urea groups is 1. The summed E-state index contributed by atoms with van der Waals surface area (Å²) in [5.41, 5.74) is 1.42. The van der Waals surface area contributed by atoms with Gasteiger partial charge in [0, 0.05) is 43.8 Å². The molecule has 0 aliphatic carbocycles. The summed E-state index contributed by atoms with van der Waals surface area (Å²) >= 11 is 0. The van der Waals surface area contributed by atoms with Gasteiger partial charge in [-0.3, -0.25) is 10.1 Å². The summed E-state index contributed by atoms with van der Waals surface area (Å²) in [5, 5.41) is 27.3. The molecule has 1 aromatic carbocycles. The molecule has 170 valence electrons. The van der Waals surface area contributed by atoms with E-state index in [1.165, 1.54) is 0 Å². The zero-order chi connectivity index (χ0) is 22.5. The normalized spacial score (nSPS) is 20.8. The third kappa shape index (κ3) is 5.06. The molecule has 11 heteroatoms. The van der Waals surface area contributed by atoms with Crippen LogP contribution in [0.1, 0.15) is 12.8 Å². The first-order chi connectivity index (χ1) is 15.5. The van der Waals surface area contributed by atoms with Gasteiger partial charge in [-0.15, -0.1) is 0 Å². The highest BCUT2D eigenvalue weighted by Crippen LogP contribution is 2.23. The molecule has 32 heavy (non-hydrogen) atoms. The number of piperazine rings is 1. The molecule has 2 fully saturated rings. The first kappa shape index (κ1) is 21.8. The second kappa shape index (κ2) is 9.79. The summed E-state index contributed by atoms with van der Waals surface area (Å²) in [5.74, 6) is -0.0430. The maximum absolute atomic E-state index is 12.5. The van der Waals surface area contributed by atoms with E-state index < -0.39 is 18.0 Å². The van der Waals surface area contributed by atoms with Crippen LogP contribution in [0.3, 0.4) is 0 Å². The largest absolute Gasteiger partial charge is 0.480 e. The standard InChI is InChI=1S/C21H27N7O4/c29-13-16-5-2-9-28(16)20-23-7-6-18(25-20)26-21(32)24-14-3-1-4-15(11-14)27-10-8-22-17(12-27)19(30)31/h1,3-4,6-7,11,16-17,22,29H,2,5,8-10,12-13H2,(H,30,31)(H2,23,24,25,26,32)/t16-,17?/m0/s1. The molecule has 2 saturated heterocycles. The molecular weight excluding hydrogens is 414 g/mol. The molecule has 2 aromatic rings. The molecular formula is C21H27N7O4. The van der Waals surface area contributed by atoms with E-state index in [1.54, 1.807) is 18.3 Å². The number of benzene rings is 1. The Balaban J connectivity index is 1.39. The van der Waals surface area contributed by atoms with E-state index in [4.69, 9.17) is 0 Å². The number of carboxylic acids is 1. The average molecular weight is 441 g/mol. The summed E-state index contributed by atoms with van der Waals surface area (Å²) in [7, 11) is 0. The number of hydrogen-bond donors (Lipinski definition) is 5. The van der Waals surface area contributed by atoms with Crippen molar-refractivity contribution in [3.8, 4) is 0 Å². The summed E-state index contributed by atoms with van der Waals surface area (Å²) in [6.07, 6.45) is 3.42. The minimum Gasteiger partial charge on any atom is -0.480 e. The van der Waals surface area contributed by atoms with E-state index in [0.717, 1.165) is 25.1 Å². The fourth-order valence-corrected chi connectivity index (χ4v) is 4.05. The third-order valence-electron chi connectivity index (χ3n) is 5.67. The van der Waals surface area contributed by atoms with Gasteiger partial charge in [0.1, 0.15) is 11.9 Å². The van der Waals surface area contributed by atoms with Gasteiger partial charge in [0.2, 0.25) is 5.95 Å². The number of nitrogens with one attached hydrogen (secondary N) is 3. The quantitative estimate of drug-likeness (QED) is 0.443. The number of aliphatic carboxylic acids is 1. The molecule has 5 N–H and O–H groups in total. The maximum atomic E-state index is 12.5. The van der Waals surface area contributed by atoms with Gasteiger partial charge < -0.3 is 30.6 Å². The van der Waals surface area contributed by atoms with Gasteiger partial charge >= 0.3 is 12.0 Å². The minimum absolute atomic E-state index is 0.00692. The second-order valence-electron chi connectivity index (χ2n) is 7.83. The highest BCUT2D eigenvalue weighted by molar-refractivity contribution is 5.99. The number of carbonyl (C=O) groups excluding carboxylic acids is 1. The lowest BCUT2D eigenvalue weighted by Crippen LogP contribution is -2.54. The van der Waals surface area contributed by atoms with E-state index >= 15 is 0 Å². The Kier molecular flexibility index (Phi) is 6.66. The average Bonchev–Trinajstić information content (AvgIpc) is 3.28. The van der Waals surface area contributed by atoms with Crippen LogP contribution >= 0.6 is 0 Å². The van der Waals surface area contributed by atoms with Crippen LogP contribution in [-0.4, -0.2) is 77.1 Å². The number of hydrogen-bond acceptors (Lipinski definition) is 8. The van der Waals surface area contributed by atoms with Crippen LogP contribution in [0.25, 0.3) is 0 Å². The van der Waals surface area contributed by atoms with Crippen molar-refractivity contribution in [2.24, 2.45) is 0 Å². The van der Waals surface area contributed by atoms with Gasteiger partial charge in [0.05, 0.1) is 12.6 Å². The molecule has 2 amide bonds. The number of nitrogens with zero attached hydrogens (tertiary/aromatic N) is 4. The molecule has 3 heterocycles. The number of carbonyl (C=O) groups is 2. The summed E-state index contributed by atoms with van der Waals surface area (Å²) in [6, 6.07) is 7.80.